The molecule has 2 N–H and O–H groups in total. The van der Waals surface area contributed by atoms with Crippen LogP contribution in [0.3, 0.4) is 0 Å². The maximum atomic E-state index is 14.7. The van der Waals surface area contributed by atoms with Crippen LogP contribution < -0.4 is 25.8 Å². The first-order chi connectivity index (χ1) is 38.9. The van der Waals surface area contributed by atoms with Crippen LogP contribution in [0.15, 0.2) is 95.9 Å². The SMILES string of the molecule is CCCCCCCCN(C)P(=O)(OCCSC(=O)C(C)(C)CC)OC[C@H]1O[C@@H](n2ccc(NC(c3ccccc3)(c3ccc(OC)cc3)c3ccc(OC)cc3)nc2=O)[C@@]2(C)OC(C)(C)OC12.CCCCCCCCNC.ClC(Cl)(Cl)Cl. The van der Waals surface area contributed by atoms with Crippen LogP contribution in [0, 0.1) is 5.41 Å². The standard InChI is InChI=1S/C51H71N4O10PS.C9H21N.CCl4/c1-11-13-14-15-16-20-32-54(8)66(58,61-34-35-67-46(56)48(3,4)12-2)62-36-42-44-50(7,65-49(5,6)64-44)45(63-42)55-33-31-43(52-47(55)57)53-51(37-21-18-17-19-22-37,38-23-27-40(59-9)28-24-38)39-25-29-41(60-10)30-26-39;1-3-4-5-6-7-8-9-10-2;2-1(3,4)5/h17-19,21-31,33,42,44-45H,11-16,20,32,34-36H2,1-10H3,(H,52,53,57);10H,3-9H2,1-2H3;/t42-,44?,45-,50+,66?;;/m1../s1. The Kier molecular flexibility index (Phi) is 30.0. The number of carbonyl (C=O) groups is 1. The lowest BCUT2D eigenvalue weighted by Gasteiger charge is -2.37. The second kappa shape index (κ2) is 34.4. The summed E-state index contributed by atoms with van der Waals surface area (Å²) in [5, 5.41) is 6.88. The fourth-order valence-electron chi connectivity index (χ4n) is 9.80. The predicted molar refractivity (Wildman–Crippen MR) is 337 cm³/mol. The Morgan fingerprint density at radius 2 is 1.30 bits per heavy atom. The van der Waals surface area contributed by atoms with E-state index >= 15 is 0 Å². The van der Waals surface area contributed by atoms with Gasteiger partial charge in [-0.05, 0) is 108 Å². The largest absolute Gasteiger partial charge is 0.497 e. The number of hydrogen-bond donors (Lipinski definition) is 2. The first kappa shape index (κ1) is 71.6. The molecule has 3 aromatic carbocycles. The minimum absolute atomic E-state index is 0.0419. The number of carbonyl (C=O) groups excluding carboxylic acids is 1. The van der Waals surface area contributed by atoms with Gasteiger partial charge < -0.3 is 34.3 Å². The average molecular weight is 1260 g/mol. The first-order valence-corrected chi connectivity index (χ1v) is 32.8. The molecule has 21 heteroatoms. The van der Waals surface area contributed by atoms with Gasteiger partial charge in [-0.15, -0.1) is 0 Å². The number of ether oxygens (including phenoxy) is 5. The Bertz CT molecular complexity index is 2540. The fraction of sp³-hybridized carbons (Fsp3) is 0.623. The molecule has 0 radical (unpaired) electrons. The maximum absolute atomic E-state index is 14.7. The van der Waals surface area contributed by atoms with Crippen LogP contribution in [0.2, 0.25) is 0 Å². The van der Waals surface area contributed by atoms with E-state index in [1.54, 1.807) is 38.2 Å². The summed E-state index contributed by atoms with van der Waals surface area (Å²) in [6, 6.07) is 27.3. The van der Waals surface area contributed by atoms with E-state index in [9.17, 15) is 14.2 Å². The molecule has 0 spiro atoms. The van der Waals surface area contributed by atoms with E-state index in [4.69, 9.17) is 79.1 Å². The van der Waals surface area contributed by atoms with Crippen molar-refractivity contribution < 1.29 is 42.1 Å². The van der Waals surface area contributed by atoms with Gasteiger partial charge in [0.25, 0.3) is 3.25 Å². The Balaban J connectivity index is 0.000000846. The van der Waals surface area contributed by atoms with Crippen molar-refractivity contribution >= 4 is 76.8 Å². The van der Waals surface area contributed by atoms with Gasteiger partial charge in [-0.3, -0.25) is 18.4 Å². The number of rotatable bonds is 32. The molecule has 0 saturated carbocycles. The van der Waals surface area contributed by atoms with Crippen molar-refractivity contribution in [3.05, 3.63) is 118 Å². The number of anilines is 1. The minimum atomic E-state index is -3.91. The van der Waals surface area contributed by atoms with Crippen LogP contribution in [0.25, 0.3) is 0 Å². The summed E-state index contributed by atoms with van der Waals surface area (Å²) < 4.78 is 59.3. The summed E-state index contributed by atoms with van der Waals surface area (Å²) in [5.41, 5.74) is -0.636. The Labute approximate surface area is 513 Å². The number of fused-ring (bicyclic) bond motifs is 1. The smallest absolute Gasteiger partial charge is 0.408 e. The van der Waals surface area contributed by atoms with Gasteiger partial charge in [-0.2, -0.15) is 4.98 Å². The van der Waals surface area contributed by atoms with E-state index in [0.29, 0.717) is 36.0 Å². The van der Waals surface area contributed by atoms with Crippen LogP contribution in [0.4, 0.5) is 5.82 Å². The molecule has 0 aliphatic carbocycles. The van der Waals surface area contributed by atoms with E-state index in [-0.39, 0.29) is 18.3 Å². The fourth-order valence-corrected chi connectivity index (χ4v) is 12.3. The van der Waals surface area contributed by atoms with Crippen LogP contribution in [0.1, 0.15) is 162 Å². The lowest BCUT2D eigenvalue weighted by Crippen LogP contribution is -2.45. The maximum Gasteiger partial charge on any atom is 0.408 e. The molecule has 2 fully saturated rings. The van der Waals surface area contributed by atoms with Crippen molar-refractivity contribution in [2.45, 2.75) is 177 Å². The van der Waals surface area contributed by atoms with Crippen LogP contribution >= 0.6 is 65.9 Å². The van der Waals surface area contributed by atoms with Gasteiger partial charge in [0.15, 0.2) is 17.1 Å². The van der Waals surface area contributed by atoms with E-state index < -0.39 is 57.5 Å². The zero-order valence-corrected chi connectivity index (χ0v) is 55.1. The van der Waals surface area contributed by atoms with Crippen LogP contribution in [-0.4, -0.2) is 107 Å². The Morgan fingerprint density at radius 3 is 1.82 bits per heavy atom. The number of thioether (sulfide) groups is 1. The van der Waals surface area contributed by atoms with Crippen LogP contribution in [-0.2, 0) is 38.2 Å². The third-order valence-corrected chi connectivity index (χ3v) is 17.9. The lowest BCUT2D eigenvalue weighted by atomic mass is 9.77. The van der Waals surface area contributed by atoms with Crippen molar-refractivity contribution in [2.24, 2.45) is 5.41 Å². The number of unbranched alkanes of at least 4 members (excludes halogenated alkanes) is 10. The highest BCUT2D eigenvalue weighted by Crippen LogP contribution is 2.55. The number of benzene rings is 3. The molecule has 460 valence electrons. The lowest BCUT2D eigenvalue weighted by molar-refractivity contribution is -0.218. The highest BCUT2D eigenvalue weighted by Gasteiger charge is 2.64. The molecule has 4 aromatic rings. The van der Waals surface area contributed by atoms with E-state index in [1.807, 2.05) is 127 Å². The number of methoxy groups -OCH3 is 2. The second-order valence-electron chi connectivity index (χ2n) is 21.9. The van der Waals surface area contributed by atoms with Crippen molar-refractivity contribution in [2.75, 3.05) is 65.7 Å². The van der Waals surface area contributed by atoms with Gasteiger partial charge in [0.05, 0.1) is 27.4 Å². The van der Waals surface area contributed by atoms with E-state index in [1.165, 1.54) is 67.8 Å². The molecule has 0 bridgehead atoms. The number of nitrogens with zero attached hydrogens (tertiary/aromatic N) is 3. The average Bonchev–Trinajstić information content (AvgIpc) is 3.74. The third kappa shape index (κ3) is 21.5. The summed E-state index contributed by atoms with van der Waals surface area (Å²) in [4.78, 5) is 31.9. The molecule has 1 aromatic heterocycles. The van der Waals surface area contributed by atoms with Gasteiger partial charge in [0, 0.05) is 23.9 Å². The van der Waals surface area contributed by atoms with E-state index in [0.717, 1.165) is 48.8 Å². The number of hydrogen-bond acceptors (Lipinski definition) is 14. The third-order valence-electron chi connectivity index (χ3n) is 14.7. The molecule has 5 atom stereocenters. The summed E-state index contributed by atoms with van der Waals surface area (Å²) >= 11 is 20.5. The summed E-state index contributed by atoms with van der Waals surface area (Å²) in [6.45, 7) is 17.3. The normalized spacial score (nSPS) is 19.3. The highest BCUT2D eigenvalue weighted by atomic mass is 35.6. The monoisotopic (exact) mass is 1260 g/mol. The molecule has 3 heterocycles. The van der Waals surface area contributed by atoms with Gasteiger partial charge in [0.2, 0.25) is 0 Å². The number of halogens is 4. The molecule has 6 rings (SSSR count). The molecular formula is C61H92Cl4N5O10PS. The van der Waals surface area contributed by atoms with Crippen molar-refractivity contribution in [1.82, 2.24) is 19.5 Å². The molecule has 2 aliphatic rings. The van der Waals surface area contributed by atoms with Crippen molar-refractivity contribution in [1.29, 1.82) is 0 Å². The van der Waals surface area contributed by atoms with Gasteiger partial charge in [-0.25, -0.2) is 14.0 Å². The highest BCUT2D eigenvalue weighted by molar-refractivity contribution is 8.13. The quantitative estimate of drug-likeness (QED) is 0.0206. The molecule has 15 nitrogen and oxygen atoms in total. The topological polar surface area (TPSA) is 161 Å². The molecule has 82 heavy (non-hydrogen) atoms. The predicted octanol–water partition coefficient (Wildman–Crippen LogP) is 15.7. The summed E-state index contributed by atoms with van der Waals surface area (Å²) in [5.74, 6) is 0.981. The zero-order valence-electron chi connectivity index (χ0n) is 50.4. The van der Waals surface area contributed by atoms with Crippen molar-refractivity contribution in [3.63, 3.8) is 0 Å². The van der Waals surface area contributed by atoms with Gasteiger partial charge in [-0.1, -0.05) is 212 Å². The van der Waals surface area contributed by atoms with Crippen molar-refractivity contribution in [3.8, 4) is 11.5 Å². The van der Waals surface area contributed by atoms with Gasteiger partial charge >= 0.3 is 13.4 Å². The molecule has 0 amide bonds. The zero-order chi connectivity index (χ0) is 60.6. The van der Waals surface area contributed by atoms with Gasteiger partial charge in [0.1, 0.15) is 40.7 Å². The Hall–Kier alpha value is -2.93. The summed E-state index contributed by atoms with van der Waals surface area (Å²) in [7, 11) is 3.10. The minimum Gasteiger partial charge on any atom is -0.497 e. The number of nitrogens with one attached hydrogen (secondary N) is 2. The Morgan fingerprint density at radius 1 is 0.780 bits per heavy atom. The van der Waals surface area contributed by atoms with E-state index in [2.05, 4.69) is 29.5 Å². The number of alkyl halides is 4. The second-order valence-corrected chi connectivity index (χ2v) is 28.5. The molecule has 2 unspecified atom stereocenters. The summed E-state index contributed by atoms with van der Waals surface area (Å²) in [6.07, 6.45) is 14.6. The number of aromatic nitrogens is 2. The first-order valence-electron chi connectivity index (χ1n) is 28.8. The molecule has 2 aliphatic heterocycles. The molecule has 2 saturated heterocycles. The van der Waals surface area contributed by atoms with Crippen LogP contribution in [0.5, 0.6) is 11.5 Å². The molecular weight excluding hydrogens is 1170 g/mol.